The molecule has 0 aliphatic carbocycles. The summed E-state index contributed by atoms with van der Waals surface area (Å²) in [4.78, 5) is 0. The number of nitrogens with one attached hydrogen (secondary N) is 1. The monoisotopic (exact) mass is 288 g/mol. The molecular formula is C16H17FN2O2. The summed E-state index contributed by atoms with van der Waals surface area (Å²) in [7, 11) is 1.43. The van der Waals surface area contributed by atoms with Crippen molar-refractivity contribution in [3.63, 3.8) is 0 Å². The minimum absolute atomic E-state index is 0.123. The van der Waals surface area contributed by atoms with Crippen molar-refractivity contribution in [3.8, 4) is 11.5 Å². The summed E-state index contributed by atoms with van der Waals surface area (Å²) >= 11 is 0. The topological polar surface area (TPSA) is 68.3 Å². The van der Waals surface area contributed by atoms with Gasteiger partial charge in [-0.1, -0.05) is 18.2 Å². The van der Waals surface area contributed by atoms with Gasteiger partial charge in [-0.3, -0.25) is 5.41 Å². The van der Waals surface area contributed by atoms with Crippen LogP contribution in [0.1, 0.15) is 11.1 Å². The van der Waals surface area contributed by atoms with E-state index in [0.717, 1.165) is 11.1 Å². The van der Waals surface area contributed by atoms with Crippen LogP contribution in [0.15, 0.2) is 42.5 Å². The third kappa shape index (κ3) is 4.21. The lowest BCUT2D eigenvalue weighted by molar-refractivity contribution is 0.304. The van der Waals surface area contributed by atoms with Crippen LogP contribution in [0.25, 0.3) is 0 Å². The van der Waals surface area contributed by atoms with Gasteiger partial charge in [0, 0.05) is 6.42 Å². The molecule has 0 aliphatic rings. The number of methoxy groups -OCH3 is 1. The molecule has 2 aromatic carbocycles. The average Bonchev–Trinajstić information content (AvgIpc) is 2.46. The van der Waals surface area contributed by atoms with E-state index in [-0.39, 0.29) is 18.2 Å². The summed E-state index contributed by atoms with van der Waals surface area (Å²) in [5, 5.41) is 7.23. The van der Waals surface area contributed by atoms with E-state index in [1.54, 1.807) is 24.3 Å². The second-order valence-corrected chi connectivity index (χ2v) is 4.60. The summed E-state index contributed by atoms with van der Waals surface area (Å²) in [6, 6.07) is 12.0. The van der Waals surface area contributed by atoms with Crippen molar-refractivity contribution >= 4 is 5.84 Å². The second-order valence-electron chi connectivity index (χ2n) is 4.60. The third-order valence-electron chi connectivity index (χ3n) is 2.94. The Hall–Kier alpha value is -2.56. The molecule has 0 aromatic heterocycles. The number of ether oxygens (including phenoxy) is 2. The Labute approximate surface area is 122 Å². The number of amidine groups is 1. The third-order valence-corrected chi connectivity index (χ3v) is 2.94. The molecule has 0 radical (unpaired) electrons. The Bertz CT molecular complexity index is 627. The SMILES string of the molecule is COc1ccc(COc2ccc(CC(=N)N)cc2)cc1F. The van der Waals surface area contributed by atoms with E-state index in [9.17, 15) is 4.39 Å². The average molecular weight is 288 g/mol. The molecular weight excluding hydrogens is 271 g/mol. The molecule has 0 spiro atoms. The van der Waals surface area contributed by atoms with Crippen LogP contribution in [-0.2, 0) is 13.0 Å². The molecule has 0 fully saturated rings. The van der Waals surface area contributed by atoms with Crippen LogP contribution in [0.2, 0.25) is 0 Å². The molecule has 0 amide bonds. The number of nitrogens with two attached hydrogens (primary N) is 1. The minimum atomic E-state index is -0.407. The number of hydrogen-bond acceptors (Lipinski definition) is 3. The van der Waals surface area contributed by atoms with Gasteiger partial charge < -0.3 is 15.2 Å². The molecule has 0 saturated heterocycles. The molecule has 3 N–H and O–H groups in total. The van der Waals surface area contributed by atoms with Gasteiger partial charge in [-0.15, -0.1) is 0 Å². The maximum Gasteiger partial charge on any atom is 0.165 e. The van der Waals surface area contributed by atoms with E-state index < -0.39 is 5.82 Å². The molecule has 2 aromatic rings. The lowest BCUT2D eigenvalue weighted by atomic mass is 10.1. The highest BCUT2D eigenvalue weighted by Crippen LogP contribution is 2.19. The van der Waals surface area contributed by atoms with E-state index in [0.29, 0.717) is 12.2 Å². The Morgan fingerprint density at radius 1 is 1.14 bits per heavy atom. The first-order valence-electron chi connectivity index (χ1n) is 6.45. The zero-order valence-corrected chi connectivity index (χ0v) is 11.7. The maximum atomic E-state index is 13.5. The predicted octanol–water partition coefficient (Wildman–Crippen LogP) is 2.89. The highest BCUT2D eigenvalue weighted by atomic mass is 19.1. The van der Waals surface area contributed by atoms with Gasteiger partial charge in [0.1, 0.15) is 12.4 Å². The van der Waals surface area contributed by atoms with E-state index in [4.69, 9.17) is 20.6 Å². The Morgan fingerprint density at radius 2 is 1.81 bits per heavy atom. The summed E-state index contributed by atoms with van der Waals surface area (Å²) in [6.07, 6.45) is 0.421. The first kappa shape index (κ1) is 14.8. The van der Waals surface area contributed by atoms with Crippen molar-refractivity contribution in [1.82, 2.24) is 0 Å². The van der Waals surface area contributed by atoms with E-state index in [1.807, 2.05) is 12.1 Å². The van der Waals surface area contributed by atoms with Crippen molar-refractivity contribution < 1.29 is 13.9 Å². The fourth-order valence-electron chi connectivity index (χ4n) is 1.89. The molecule has 21 heavy (non-hydrogen) atoms. The zero-order chi connectivity index (χ0) is 15.2. The Balaban J connectivity index is 1.96. The molecule has 0 heterocycles. The Morgan fingerprint density at radius 3 is 2.38 bits per heavy atom. The van der Waals surface area contributed by atoms with E-state index in [2.05, 4.69) is 0 Å². The van der Waals surface area contributed by atoms with Crippen molar-refractivity contribution in [2.75, 3.05) is 7.11 Å². The number of rotatable bonds is 6. The molecule has 4 nitrogen and oxygen atoms in total. The van der Waals surface area contributed by atoms with Crippen molar-refractivity contribution in [1.29, 1.82) is 5.41 Å². The number of halogens is 1. The molecule has 0 bridgehead atoms. The first-order valence-corrected chi connectivity index (χ1v) is 6.45. The lowest BCUT2D eigenvalue weighted by Crippen LogP contribution is -2.12. The van der Waals surface area contributed by atoms with Crippen LogP contribution in [0.4, 0.5) is 4.39 Å². The van der Waals surface area contributed by atoms with Crippen LogP contribution >= 0.6 is 0 Å². The molecule has 0 aliphatic heterocycles. The van der Waals surface area contributed by atoms with Gasteiger partial charge in [0.2, 0.25) is 0 Å². The quantitative estimate of drug-likeness (QED) is 0.634. The maximum absolute atomic E-state index is 13.5. The van der Waals surface area contributed by atoms with Crippen molar-refractivity contribution in [2.45, 2.75) is 13.0 Å². The van der Waals surface area contributed by atoms with Crippen LogP contribution in [0.5, 0.6) is 11.5 Å². The van der Waals surface area contributed by atoms with Gasteiger partial charge in [0.05, 0.1) is 12.9 Å². The summed E-state index contributed by atoms with van der Waals surface area (Å²) < 4.78 is 24.0. The standard InChI is InChI=1S/C16H17FN2O2/c1-20-15-7-4-12(8-14(15)17)10-21-13-5-2-11(3-6-13)9-16(18)19/h2-8H,9-10H2,1H3,(H3,18,19). The van der Waals surface area contributed by atoms with Gasteiger partial charge in [-0.25, -0.2) is 4.39 Å². The highest BCUT2D eigenvalue weighted by molar-refractivity contribution is 5.79. The molecule has 5 heteroatoms. The smallest absolute Gasteiger partial charge is 0.165 e. The van der Waals surface area contributed by atoms with Crippen molar-refractivity contribution in [3.05, 3.63) is 59.4 Å². The molecule has 0 saturated carbocycles. The highest BCUT2D eigenvalue weighted by Gasteiger charge is 2.04. The van der Waals surface area contributed by atoms with Gasteiger partial charge in [0.15, 0.2) is 11.6 Å². The number of benzene rings is 2. The number of hydrogen-bond donors (Lipinski definition) is 2. The fraction of sp³-hybridized carbons (Fsp3) is 0.188. The molecule has 110 valence electrons. The largest absolute Gasteiger partial charge is 0.494 e. The van der Waals surface area contributed by atoms with Crippen LogP contribution in [-0.4, -0.2) is 12.9 Å². The van der Waals surface area contributed by atoms with Gasteiger partial charge in [0.25, 0.3) is 0 Å². The molecule has 0 atom stereocenters. The predicted molar refractivity (Wildman–Crippen MR) is 79.3 cm³/mol. The van der Waals surface area contributed by atoms with Crippen LogP contribution in [0.3, 0.4) is 0 Å². The first-order chi connectivity index (χ1) is 10.1. The van der Waals surface area contributed by atoms with E-state index in [1.165, 1.54) is 13.2 Å². The molecule has 2 rings (SSSR count). The van der Waals surface area contributed by atoms with Gasteiger partial charge >= 0.3 is 0 Å². The zero-order valence-electron chi connectivity index (χ0n) is 11.7. The summed E-state index contributed by atoms with van der Waals surface area (Å²) in [5.41, 5.74) is 7.01. The van der Waals surface area contributed by atoms with Gasteiger partial charge in [-0.2, -0.15) is 0 Å². The minimum Gasteiger partial charge on any atom is -0.494 e. The lowest BCUT2D eigenvalue weighted by Gasteiger charge is -2.08. The van der Waals surface area contributed by atoms with Crippen LogP contribution in [0, 0.1) is 11.2 Å². The van der Waals surface area contributed by atoms with Crippen molar-refractivity contribution in [2.24, 2.45) is 5.73 Å². The Kier molecular flexibility index (Phi) is 4.77. The fourth-order valence-corrected chi connectivity index (χ4v) is 1.89. The van der Waals surface area contributed by atoms with E-state index >= 15 is 0 Å². The summed E-state index contributed by atoms with van der Waals surface area (Å²) in [5.74, 6) is 0.610. The molecule has 0 unspecified atom stereocenters. The summed E-state index contributed by atoms with van der Waals surface area (Å²) in [6.45, 7) is 0.271. The van der Waals surface area contributed by atoms with Crippen LogP contribution < -0.4 is 15.2 Å². The second kappa shape index (κ2) is 6.74. The van der Waals surface area contributed by atoms with Gasteiger partial charge in [-0.05, 0) is 35.4 Å². The normalized spacial score (nSPS) is 10.2.